The van der Waals surface area contributed by atoms with Gasteiger partial charge in [-0.3, -0.25) is 4.90 Å². The van der Waals surface area contributed by atoms with Crippen LogP contribution in [-0.4, -0.2) is 43.4 Å². The standard InChI is InChI=1S/C13H23NO5S/c1-9-7-11(19-20(6,16)17)8-10(2)14(9)12(15)18-13(3,4)5/h7,9-10H,8H2,1-6H3. The zero-order valence-corrected chi connectivity index (χ0v) is 13.7. The van der Waals surface area contributed by atoms with Crippen molar-refractivity contribution >= 4 is 16.2 Å². The molecule has 0 spiro atoms. The molecule has 0 radical (unpaired) electrons. The molecule has 1 heterocycles. The van der Waals surface area contributed by atoms with E-state index in [9.17, 15) is 13.2 Å². The fourth-order valence-electron chi connectivity index (χ4n) is 2.13. The SMILES string of the molecule is CC1C=C(OS(C)(=O)=O)CC(C)N1C(=O)OC(C)(C)C. The van der Waals surface area contributed by atoms with Crippen molar-refractivity contribution in [3.63, 3.8) is 0 Å². The van der Waals surface area contributed by atoms with E-state index in [1.165, 1.54) is 0 Å². The highest BCUT2D eigenvalue weighted by Gasteiger charge is 2.33. The Kier molecular flexibility index (Phi) is 4.74. The monoisotopic (exact) mass is 305 g/mol. The van der Waals surface area contributed by atoms with Crippen LogP contribution in [0, 0.1) is 0 Å². The van der Waals surface area contributed by atoms with E-state index in [1.807, 2.05) is 6.92 Å². The molecule has 0 saturated carbocycles. The molecule has 0 fully saturated rings. The van der Waals surface area contributed by atoms with Crippen LogP contribution >= 0.6 is 0 Å². The van der Waals surface area contributed by atoms with Gasteiger partial charge < -0.3 is 8.92 Å². The van der Waals surface area contributed by atoms with Gasteiger partial charge in [-0.1, -0.05) is 0 Å². The minimum Gasteiger partial charge on any atom is -0.444 e. The fourth-order valence-corrected chi connectivity index (χ4v) is 2.64. The number of carbonyl (C=O) groups is 1. The van der Waals surface area contributed by atoms with Crippen LogP contribution in [0.2, 0.25) is 0 Å². The topological polar surface area (TPSA) is 72.9 Å². The van der Waals surface area contributed by atoms with Gasteiger partial charge >= 0.3 is 16.2 Å². The molecule has 2 unspecified atom stereocenters. The molecule has 0 aromatic carbocycles. The third-order valence-corrected chi connectivity index (χ3v) is 3.22. The summed E-state index contributed by atoms with van der Waals surface area (Å²) in [7, 11) is -3.54. The van der Waals surface area contributed by atoms with Gasteiger partial charge in [0, 0.05) is 12.5 Å². The van der Waals surface area contributed by atoms with Gasteiger partial charge in [0.15, 0.2) is 0 Å². The van der Waals surface area contributed by atoms with Crippen molar-refractivity contribution < 1.29 is 22.1 Å². The van der Waals surface area contributed by atoms with Gasteiger partial charge in [-0.25, -0.2) is 4.79 Å². The second-order valence-corrected chi connectivity index (χ2v) is 7.68. The zero-order chi connectivity index (χ0) is 15.7. The lowest BCUT2D eigenvalue weighted by atomic mass is 10.0. The molecular formula is C13H23NO5S. The molecule has 1 aliphatic rings. The summed E-state index contributed by atoms with van der Waals surface area (Å²) in [6.07, 6.45) is 2.57. The Labute approximate surface area is 120 Å². The number of nitrogens with zero attached hydrogens (tertiary/aromatic N) is 1. The predicted octanol–water partition coefficient (Wildman–Crippen LogP) is 2.26. The predicted molar refractivity (Wildman–Crippen MR) is 75.6 cm³/mol. The smallest absolute Gasteiger partial charge is 0.411 e. The van der Waals surface area contributed by atoms with Crippen LogP contribution in [0.5, 0.6) is 0 Å². The summed E-state index contributed by atoms with van der Waals surface area (Å²) in [5, 5.41) is 0. The second kappa shape index (κ2) is 5.63. The summed E-state index contributed by atoms with van der Waals surface area (Å²) in [5.74, 6) is 0.368. The molecule has 0 bridgehead atoms. The maximum Gasteiger partial charge on any atom is 0.411 e. The Morgan fingerprint density at radius 1 is 1.35 bits per heavy atom. The first-order valence-electron chi connectivity index (χ1n) is 6.50. The van der Waals surface area contributed by atoms with Gasteiger partial charge in [0.05, 0.1) is 12.3 Å². The lowest BCUT2D eigenvalue weighted by Gasteiger charge is -2.38. The van der Waals surface area contributed by atoms with Crippen molar-refractivity contribution in [1.82, 2.24) is 4.90 Å². The van der Waals surface area contributed by atoms with Gasteiger partial charge in [-0.05, 0) is 40.7 Å². The Hall–Kier alpha value is -1.24. The van der Waals surface area contributed by atoms with Crippen LogP contribution in [0.3, 0.4) is 0 Å². The van der Waals surface area contributed by atoms with Crippen molar-refractivity contribution in [3.05, 3.63) is 11.8 Å². The van der Waals surface area contributed by atoms with E-state index < -0.39 is 21.8 Å². The molecule has 0 aromatic rings. The zero-order valence-electron chi connectivity index (χ0n) is 12.8. The van der Waals surface area contributed by atoms with Gasteiger partial charge in [0.25, 0.3) is 0 Å². The normalized spacial score (nSPS) is 24.1. The van der Waals surface area contributed by atoms with Gasteiger partial charge in [0.1, 0.15) is 11.4 Å². The Bertz CT molecular complexity index is 503. The highest BCUT2D eigenvalue weighted by molar-refractivity contribution is 7.86. The average Bonchev–Trinajstić information content (AvgIpc) is 2.08. The summed E-state index contributed by atoms with van der Waals surface area (Å²) in [6.45, 7) is 9.04. The number of ether oxygens (including phenoxy) is 1. The number of amides is 1. The summed E-state index contributed by atoms with van der Waals surface area (Å²) < 4.78 is 32.6. The molecule has 20 heavy (non-hydrogen) atoms. The molecule has 7 heteroatoms. The average molecular weight is 305 g/mol. The highest BCUT2D eigenvalue weighted by atomic mass is 32.2. The molecular weight excluding hydrogens is 282 g/mol. The van der Waals surface area contributed by atoms with E-state index in [2.05, 4.69) is 0 Å². The van der Waals surface area contributed by atoms with Crippen molar-refractivity contribution in [2.75, 3.05) is 6.26 Å². The van der Waals surface area contributed by atoms with E-state index in [1.54, 1.807) is 38.7 Å². The minimum absolute atomic E-state index is 0.193. The molecule has 1 rings (SSSR count). The van der Waals surface area contributed by atoms with Gasteiger partial charge in [0.2, 0.25) is 0 Å². The van der Waals surface area contributed by atoms with Crippen LogP contribution in [0.25, 0.3) is 0 Å². The lowest BCUT2D eigenvalue weighted by molar-refractivity contribution is 0.00984. The van der Waals surface area contributed by atoms with E-state index in [-0.39, 0.29) is 12.1 Å². The van der Waals surface area contributed by atoms with Crippen LogP contribution in [0.15, 0.2) is 11.8 Å². The molecule has 1 amide bonds. The van der Waals surface area contributed by atoms with Crippen LogP contribution < -0.4 is 0 Å². The fraction of sp³-hybridized carbons (Fsp3) is 0.769. The molecule has 0 aromatic heterocycles. The molecule has 116 valence electrons. The lowest BCUT2D eigenvalue weighted by Crippen LogP contribution is -2.48. The van der Waals surface area contributed by atoms with Crippen molar-refractivity contribution in [1.29, 1.82) is 0 Å². The third kappa shape index (κ3) is 5.03. The van der Waals surface area contributed by atoms with E-state index in [0.717, 1.165) is 6.26 Å². The number of hydrogen-bond donors (Lipinski definition) is 0. The molecule has 6 nitrogen and oxygen atoms in total. The minimum atomic E-state index is -3.54. The largest absolute Gasteiger partial charge is 0.444 e. The summed E-state index contributed by atoms with van der Waals surface area (Å²) >= 11 is 0. The molecule has 2 atom stereocenters. The molecule has 1 aliphatic heterocycles. The van der Waals surface area contributed by atoms with Crippen LogP contribution in [-0.2, 0) is 19.0 Å². The van der Waals surface area contributed by atoms with Crippen LogP contribution in [0.4, 0.5) is 4.79 Å². The summed E-state index contributed by atoms with van der Waals surface area (Å²) in [6, 6.07) is -0.480. The first-order chi connectivity index (χ1) is 8.89. The Balaban J connectivity index is 2.86. The van der Waals surface area contributed by atoms with Gasteiger partial charge in [-0.2, -0.15) is 8.42 Å². The highest BCUT2D eigenvalue weighted by Crippen LogP contribution is 2.26. The first kappa shape index (κ1) is 16.8. The summed E-state index contributed by atoms with van der Waals surface area (Å²) in [5.41, 5.74) is -0.566. The first-order valence-corrected chi connectivity index (χ1v) is 8.32. The summed E-state index contributed by atoms with van der Waals surface area (Å²) in [4.78, 5) is 13.7. The molecule has 0 saturated heterocycles. The third-order valence-electron chi connectivity index (χ3n) is 2.70. The van der Waals surface area contributed by atoms with Crippen molar-refractivity contribution in [2.24, 2.45) is 0 Å². The maximum atomic E-state index is 12.1. The van der Waals surface area contributed by atoms with Gasteiger partial charge in [-0.15, -0.1) is 0 Å². The Morgan fingerprint density at radius 3 is 2.30 bits per heavy atom. The number of rotatable bonds is 2. The van der Waals surface area contributed by atoms with E-state index in [0.29, 0.717) is 12.2 Å². The maximum absolute atomic E-state index is 12.1. The molecule has 0 N–H and O–H groups in total. The molecule has 0 aliphatic carbocycles. The Morgan fingerprint density at radius 2 is 1.90 bits per heavy atom. The quantitative estimate of drug-likeness (QED) is 0.732. The van der Waals surface area contributed by atoms with Crippen LogP contribution in [0.1, 0.15) is 41.0 Å². The second-order valence-electron chi connectivity index (χ2n) is 6.10. The van der Waals surface area contributed by atoms with E-state index in [4.69, 9.17) is 8.92 Å². The number of carbonyl (C=O) groups excluding carboxylic acids is 1. The van der Waals surface area contributed by atoms with Crippen molar-refractivity contribution in [2.45, 2.75) is 58.7 Å². The van der Waals surface area contributed by atoms with Crippen molar-refractivity contribution in [3.8, 4) is 0 Å². The number of hydrogen-bond acceptors (Lipinski definition) is 5. The van der Waals surface area contributed by atoms with E-state index >= 15 is 0 Å².